The number of rotatable bonds is 9. The van der Waals surface area contributed by atoms with Crippen molar-refractivity contribution in [2.75, 3.05) is 32.7 Å². The summed E-state index contributed by atoms with van der Waals surface area (Å²) in [7, 11) is 0. The van der Waals surface area contributed by atoms with Crippen LogP contribution >= 0.6 is 22.9 Å². The van der Waals surface area contributed by atoms with E-state index in [0.29, 0.717) is 11.8 Å². The molecule has 0 saturated carbocycles. The van der Waals surface area contributed by atoms with E-state index in [1.54, 1.807) is 0 Å². The Morgan fingerprint density at radius 1 is 0.914 bits per heavy atom. The fourth-order valence-electron chi connectivity index (χ4n) is 5.99. The van der Waals surface area contributed by atoms with E-state index in [-0.39, 0.29) is 0 Å². The zero-order valence-electron chi connectivity index (χ0n) is 20.5. The Bertz CT molecular complexity index is 1030. The van der Waals surface area contributed by atoms with Gasteiger partial charge >= 0.3 is 0 Å². The highest BCUT2D eigenvalue weighted by Crippen LogP contribution is 2.36. The number of aliphatic hydroxyl groups is 1. The number of thiophene rings is 1. The highest BCUT2D eigenvalue weighted by Gasteiger charge is 2.37. The maximum Gasteiger partial charge on any atom is 0.0672 e. The first kappa shape index (κ1) is 25.0. The monoisotopic (exact) mass is 508 g/mol. The van der Waals surface area contributed by atoms with Crippen molar-refractivity contribution in [1.82, 2.24) is 9.80 Å². The molecule has 2 saturated heterocycles. The first-order valence-corrected chi connectivity index (χ1v) is 14.4. The van der Waals surface area contributed by atoms with Gasteiger partial charge in [0.2, 0.25) is 0 Å². The van der Waals surface area contributed by atoms with Crippen molar-refractivity contribution in [2.45, 2.75) is 50.2 Å². The van der Waals surface area contributed by atoms with Gasteiger partial charge in [-0.25, -0.2) is 0 Å². The van der Waals surface area contributed by atoms with Gasteiger partial charge in [0.15, 0.2) is 0 Å². The zero-order chi connectivity index (χ0) is 24.1. The van der Waals surface area contributed by atoms with Gasteiger partial charge in [0, 0.05) is 50.2 Å². The van der Waals surface area contributed by atoms with E-state index in [9.17, 15) is 5.11 Å². The van der Waals surface area contributed by atoms with Crippen molar-refractivity contribution in [3.63, 3.8) is 0 Å². The van der Waals surface area contributed by atoms with Crippen LogP contribution in [0.5, 0.6) is 0 Å². The van der Waals surface area contributed by atoms with Crippen molar-refractivity contribution >= 4 is 22.9 Å². The number of piperidine rings is 1. The fourth-order valence-corrected chi connectivity index (χ4v) is 6.84. The summed E-state index contributed by atoms with van der Waals surface area (Å²) in [4.78, 5) is 5.22. The lowest BCUT2D eigenvalue weighted by atomic mass is 9.84. The molecule has 5 heteroatoms. The van der Waals surface area contributed by atoms with Gasteiger partial charge in [-0.05, 0) is 83.7 Å². The molecule has 186 valence electrons. The first-order chi connectivity index (χ1) is 17.1. The minimum atomic E-state index is -0.492. The van der Waals surface area contributed by atoms with Gasteiger partial charge in [0.25, 0.3) is 0 Å². The second kappa shape index (κ2) is 11.6. The molecule has 0 aliphatic carbocycles. The number of hydrogen-bond acceptors (Lipinski definition) is 4. The Morgan fingerprint density at radius 3 is 2.40 bits per heavy atom. The summed E-state index contributed by atoms with van der Waals surface area (Å²) in [6.07, 6.45) is 4.81. The highest BCUT2D eigenvalue weighted by molar-refractivity contribution is 7.08. The SMILES string of the molecule is OC1(CCCc2ccccc2)CCN(C[C@@H]2CN(Cc3ccc(Cl)cc3)CC2c2ccsc2)CC1. The number of aryl methyl sites for hydroxylation is 1. The summed E-state index contributed by atoms with van der Waals surface area (Å²) in [5.74, 6) is 1.21. The topological polar surface area (TPSA) is 26.7 Å². The van der Waals surface area contributed by atoms with Crippen LogP contribution in [0.3, 0.4) is 0 Å². The van der Waals surface area contributed by atoms with Crippen LogP contribution in [0.15, 0.2) is 71.4 Å². The third-order valence-electron chi connectivity index (χ3n) is 8.04. The Hall–Kier alpha value is -1.69. The van der Waals surface area contributed by atoms with Crippen molar-refractivity contribution in [2.24, 2.45) is 5.92 Å². The van der Waals surface area contributed by atoms with Crippen molar-refractivity contribution in [3.05, 3.63) is 93.1 Å². The first-order valence-electron chi connectivity index (χ1n) is 13.0. The van der Waals surface area contributed by atoms with Crippen molar-refractivity contribution < 1.29 is 5.11 Å². The van der Waals surface area contributed by atoms with E-state index in [4.69, 9.17) is 11.6 Å². The van der Waals surface area contributed by atoms with Gasteiger partial charge in [-0.2, -0.15) is 11.3 Å². The molecule has 3 heterocycles. The Kier molecular flexibility index (Phi) is 8.26. The minimum Gasteiger partial charge on any atom is -0.390 e. The summed E-state index contributed by atoms with van der Waals surface area (Å²) in [6, 6.07) is 21.3. The van der Waals surface area contributed by atoms with Gasteiger partial charge in [-0.1, -0.05) is 54.1 Å². The summed E-state index contributed by atoms with van der Waals surface area (Å²) < 4.78 is 0. The minimum absolute atomic E-state index is 0.492. The zero-order valence-corrected chi connectivity index (χ0v) is 22.1. The molecule has 3 nitrogen and oxygen atoms in total. The average molecular weight is 509 g/mol. The van der Waals surface area contributed by atoms with E-state index in [0.717, 1.165) is 76.4 Å². The lowest BCUT2D eigenvalue weighted by molar-refractivity contribution is -0.0316. The quantitative estimate of drug-likeness (QED) is 0.359. The van der Waals surface area contributed by atoms with Crippen LogP contribution < -0.4 is 0 Å². The molecular formula is C30H37ClN2OS. The molecule has 1 unspecified atom stereocenters. The van der Waals surface area contributed by atoms with E-state index in [2.05, 4.69) is 69.1 Å². The summed E-state index contributed by atoms with van der Waals surface area (Å²) in [6.45, 7) is 6.35. The fraction of sp³-hybridized carbons (Fsp3) is 0.467. The van der Waals surface area contributed by atoms with Crippen LogP contribution in [-0.4, -0.2) is 53.2 Å². The van der Waals surface area contributed by atoms with Crippen LogP contribution in [0.25, 0.3) is 0 Å². The predicted molar refractivity (Wildman–Crippen MR) is 147 cm³/mol. The predicted octanol–water partition coefficient (Wildman–Crippen LogP) is 6.47. The summed E-state index contributed by atoms with van der Waals surface area (Å²) in [5, 5.41) is 16.6. The number of benzene rings is 2. The van der Waals surface area contributed by atoms with Crippen molar-refractivity contribution in [3.8, 4) is 0 Å². The normalized spacial score (nSPS) is 23.0. The third kappa shape index (κ3) is 6.75. The lowest BCUT2D eigenvalue weighted by Crippen LogP contribution is -2.46. The maximum atomic E-state index is 11.2. The number of likely N-dealkylation sites (tertiary alicyclic amines) is 2. The molecule has 0 spiro atoms. The van der Waals surface area contributed by atoms with Gasteiger partial charge in [0.1, 0.15) is 0 Å². The average Bonchev–Trinajstić information content (AvgIpc) is 3.53. The van der Waals surface area contributed by atoms with Gasteiger partial charge in [-0.15, -0.1) is 0 Å². The molecule has 3 aromatic rings. The molecule has 35 heavy (non-hydrogen) atoms. The second-order valence-corrected chi connectivity index (χ2v) is 11.8. The van der Waals surface area contributed by atoms with Crippen LogP contribution in [0.2, 0.25) is 5.02 Å². The maximum absolute atomic E-state index is 11.2. The summed E-state index contributed by atoms with van der Waals surface area (Å²) >= 11 is 7.90. The Labute approximate surface area is 219 Å². The molecule has 0 bridgehead atoms. The van der Waals surface area contributed by atoms with Crippen molar-refractivity contribution in [1.29, 1.82) is 0 Å². The van der Waals surface area contributed by atoms with E-state index < -0.39 is 5.60 Å². The van der Waals surface area contributed by atoms with Crippen LogP contribution in [0.4, 0.5) is 0 Å². The second-order valence-electron chi connectivity index (χ2n) is 10.6. The molecule has 2 aromatic carbocycles. The van der Waals surface area contributed by atoms with Gasteiger partial charge < -0.3 is 10.0 Å². The molecule has 2 atom stereocenters. The van der Waals surface area contributed by atoms with Crippen LogP contribution in [0, 0.1) is 5.92 Å². The van der Waals surface area contributed by atoms with Crippen LogP contribution in [0.1, 0.15) is 48.3 Å². The molecule has 0 radical (unpaired) electrons. The molecule has 2 fully saturated rings. The molecule has 1 aromatic heterocycles. The number of nitrogens with zero attached hydrogens (tertiary/aromatic N) is 2. The van der Waals surface area contributed by atoms with Crippen LogP contribution in [-0.2, 0) is 13.0 Å². The molecule has 5 rings (SSSR count). The molecule has 2 aliphatic rings. The standard InChI is InChI=1S/C30H37ClN2OS/c31-28-10-8-25(9-11-28)19-33-21-27(29(22-33)26-12-18-35-23-26)20-32-16-14-30(34,15-17-32)13-4-7-24-5-2-1-3-6-24/h1-3,5-6,8-12,18,23,27,29,34H,4,7,13-17,19-22H2/t27-,29?/m1/s1. The van der Waals surface area contributed by atoms with Gasteiger partial charge in [-0.3, -0.25) is 4.90 Å². The molecule has 2 aliphatic heterocycles. The van der Waals surface area contributed by atoms with Gasteiger partial charge in [0.05, 0.1) is 5.60 Å². The smallest absolute Gasteiger partial charge is 0.0672 e. The Morgan fingerprint density at radius 2 is 1.69 bits per heavy atom. The highest BCUT2D eigenvalue weighted by atomic mass is 35.5. The molecule has 1 N–H and O–H groups in total. The van der Waals surface area contributed by atoms with E-state index >= 15 is 0 Å². The Balaban J connectivity index is 1.14. The summed E-state index contributed by atoms with van der Waals surface area (Å²) in [5.41, 5.74) is 3.71. The third-order valence-corrected chi connectivity index (χ3v) is 8.99. The number of hydrogen-bond donors (Lipinski definition) is 1. The molecular weight excluding hydrogens is 472 g/mol. The number of halogens is 1. The van der Waals surface area contributed by atoms with E-state index in [1.807, 2.05) is 23.5 Å². The lowest BCUT2D eigenvalue weighted by Gasteiger charge is -2.39. The largest absolute Gasteiger partial charge is 0.390 e. The molecule has 0 amide bonds. The van der Waals surface area contributed by atoms with E-state index in [1.165, 1.54) is 16.7 Å².